The van der Waals surface area contributed by atoms with E-state index in [1.165, 1.54) is 18.4 Å². The molecule has 0 atom stereocenters. The van der Waals surface area contributed by atoms with Crippen molar-refractivity contribution in [2.45, 2.75) is 11.4 Å². The van der Waals surface area contributed by atoms with Crippen molar-refractivity contribution in [3.8, 4) is 5.82 Å². The summed E-state index contributed by atoms with van der Waals surface area (Å²) in [5.41, 5.74) is 6.39. The Kier molecular flexibility index (Phi) is 4.87. The molecule has 0 spiro atoms. The fourth-order valence-corrected chi connectivity index (χ4v) is 3.46. The summed E-state index contributed by atoms with van der Waals surface area (Å²) in [6, 6.07) is 10.3. The monoisotopic (exact) mass is 373 g/mol. The van der Waals surface area contributed by atoms with E-state index in [0.717, 1.165) is 0 Å². The first-order valence-corrected chi connectivity index (χ1v) is 9.21. The van der Waals surface area contributed by atoms with Gasteiger partial charge in [-0.15, -0.1) is 0 Å². The number of hydrogen-bond acceptors (Lipinski definition) is 7. The molecule has 0 aliphatic heterocycles. The summed E-state index contributed by atoms with van der Waals surface area (Å²) in [7, 11) is -0.540. The second kappa shape index (κ2) is 7.10. The van der Waals surface area contributed by atoms with Crippen molar-refractivity contribution in [1.82, 2.24) is 24.1 Å². The third-order valence-electron chi connectivity index (χ3n) is 3.66. The van der Waals surface area contributed by atoms with Gasteiger partial charge in [-0.2, -0.15) is 15.1 Å². The minimum absolute atomic E-state index is 0.0923. The van der Waals surface area contributed by atoms with Crippen LogP contribution >= 0.6 is 0 Å². The topological polar surface area (TPSA) is 119 Å². The van der Waals surface area contributed by atoms with Crippen LogP contribution in [0.4, 0.5) is 11.8 Å². The lowest BCUT2D eigenvalue weighted by Gasteiger charge is -2.16. The maximum absolute atomic E-state index is 12.5. The van der Waals surface area contributed by atoms with E-state index in [-0.39, 0.29) is 17.4 Å². The van der Waals surface area contributed by atoms with Crippen LogP contribution in [0.2, 0.25) is 0 Å². The maximum atomic E-state index is 12.5. The number of benzene rings is 1. The summed E-state index contributed by atoms with van der Waals surface area (Å²) in [4.78, 5) is 8.52. The third kappa shape index (κ3) is 3.65. The zero-order chi connectivity index (χ0) is 18.7. The van der Waals surface area contributed by atoms with Crippen molar-refractivity contribution in [2.24, 2.45) is 0 Å². The molecule has 0 radical (unpaired) electrons. The Labute approximate surface area is 151 Å². The van der Waals surface area contributed by atoms with E-state index in [0.29, 0.717) is 17.2 Å². The van der Waals surface area contributed by atoms with Gasteiger partial charge in [-0.05, 0) is 17.7 Å². The summed E-state index contributed by atoms with van der Waals surface area (Å²) in [6.45, 7) is 0.262. The molecule has 0 saturated carbocycles. The molecule has 0 aliphatic rings. The van der Waals surface area contributed by atoms with Gasteiger partial charge in [0.2, 0.25) is 16.0 Å². The Morgan fingerprint density at radius 1 is 1.19 bits per heavy atom. The number of sulfonamides is 1. The van der Waals surface area contributed by atoms with Crippen molar-refractivity contribution in [1.29, 1.82) is 0 Å². The fraction of sp³-hybridized carbons (Fsp3) is 0.188. The fourth-order valence-electron chi connectivity index (χ4n) is 2.35. The van der Waals surface area contributed by atoms with Crippen LogP contribution in [-0.4, -0.2) is 46.6 Å². The largest absolute Gasteiger partial charge is 0.368 e. The standard InChI is InChI=1S/C16H19N7O2S/c1-22(2)26(24,25)13-7-4-3-6-12(13)11-18-14-10-15(21-16(17)20-14)23-9-5-8-19-23/h3-10H,11H2,1-2H3,(H3,17,18,20,21). The van der Waals surface area contributed by atoms with Crippen LogP contribution in [0.3, 0.4) is 0 Å². The van der Waals surface area contributed by atoms with E-state index < -0.39 is 10.0 Å². The van der Waals surface area contributed by atoms with Crippen LogP contribution in [0.5, 0.6) is 0 Å². The summed E-state index contributed by atoms with van der Waals surface area (Å²) in [6.07, 6.45) is 3.37. The van der Waals surface area contributed by atoms with Crippen LogP contribution in [-0.2, 0) is 16.6 Å². The van der Waals surface area contributed by atoms with Gasteiger partial charge in [0.1, 0.15) is 5.82 Å². The molecule has 0 bridgehead atoms. The lowest BCUT2D eigenvalue weighted by atomic mass is 10.2. The van der Waals surface area contributed by atoms with Crippen molar-refractivity contribution in [2.75, 3.05) is 25.1 Å². The van der Waals surface area contributed by atoms with Crippen LogP contribution < -0.4 is 11.1 Å². The quantitative estimate of drug-likeness (QED) is 0.664. The summed E-state index contributed by atoms with van der Waals surface area (Å²) < 4.78 is 27.7. The van der Waals surface area contributed by atoms with Crippen LogP contribution in [0.1, 0.15) is 5.56 Å². The first kappa shape index (κ1) is 17.8. The molecule has 0 unspecified atom stereocenters. The Morgan fingerprint density at radius 3 is 2.65 bits per heavy atom. The molecule has 2 heterocycles. The highest BCUT2D eigenvalue weighted by atomic mass is 32.2. The molecule has 0 fully saturated rings. The molecule has 136 valence electrons. The Hall–Kier alpha value is -2.98. The average molecular weight is 373 g/mol. The number of nitrogens with two attached hydrogens (primary N) is 1. The molecule has 26 heavy (non-hydrogen) atoms. The van der Waals surface area contributed by atoms with E-state index >= 15 is 0 Å². The molecule has 3 N–H and O–H groups in total. The second-order valence-electron chi connectivity index (χ2n) is 5.67. The molecule has 2 aromatic heterocycles. The molecule has 0 saturated heterocycles. The third-order valence-corrected chi connectivity index (χ3v) is 5.58. The van der Waals surface area contributed by atoms with Crippen molar-refractivity contribution < 1.29 is 8.42 Å². The molecule has 3 aromatic rings. The van der Waals surface area contributed by atoms with Crippen LogP contribution in [0.25, 0.3) is 5.82 Å². The Bertz CT molecular complexity index is 1000. The smallest absolute Gasteiger partial charge is 0.242 e. The van der Waals surface area contributed by atoms with E-state index in [1.54, 1.807) is 53.5 Å². The predicted octanol–water partition coefficient (Wildman–Crippen LogP) is 1.11. The van der Waals surface area contributed by atoms with Gasteiger partial charge in [-0.25, -0.2) is 17.4 Å². The number of nitrogen functional groups attached to an aromatic ring is 1. The molecule has 1 aromatic carbocycles. The number of anilines is 2. The van der Waals surface area contributed by atoms with Gasteiger partial charge in [0.15, 0.2) is 5.82 Å². The average Bonchev–Trinajstić information content (AvgIpc) is 3.14. The number of hydrogen-bond donors (Lipinski definition) is 2. The number of aromatic nitrogens is 4. The zero-order valence-electron chi connectivity index (χ0n) is 14.4. The number of nitrogens with zero attached hydrogens (tertiary/aromatic N) is 5. The zero-order valence-corrected chi connectivity index (χ0v) is 15.2. The van der Waals surface area contributed by atoms with E-state index in [1.807, 2.05) is 0 Å². The summed E-state index contributed by atoms with van der Waals surface area (Å²) in [5.74, 6) is 1.08. The maximum Gasteiger partial charge on any atom is 0.242 e. The van der Waals surface area contributed by atoms with Gasteiger partial charge in [-0.1, -0.05) is 18.2 Å². The first-order valence-electron chi connectivity index (χ1n) is 7.77. The minimum atomic E-state index is -3.54. The van der Waals surface area contributed by atoms with Gasteiger partial charge in [0.25, 0.3) is 0 Å². The molecular weight excluding hydrogens is 354 g/mol. The number of rotatable bonds is 6. The van der Waals surface area contributed by atoms with Crippen molar-refractivity contribution >= 4 is 21.8 Å². The lowest BCUT2D eigenvalue weighted by Crippen LogP contribution is -2.24. The lowest BCUT2D eigenvalue weighted by molar-refractivity contribution is 0.520. The summed E-state index contributed by atoms with van der Waals surface area (Å²) >= 11 is 0. The normalized spacial score (nSPS) is 11.7. The van der Waals surface area contributed by atoms with Crippen molar-refractivity contribution in [3.63, 3.8) is 0 Å². The van der Waals surface area contributed by atoms with Gasteiger partial charge >= 0.3 is 0 Å². The van der Waals surface area contributed by atoms with Gasteiger partial charge in [0, 0.05) is 39.1 Å². The highest BCUT2D eigenvalue weighted by Crippen LogP contribution is 2.20. The SMILES string of the molecule is CN(C)S(=O)(=O)c1ccccc1CNc1cc(-n2cccn2)nc(N)n1. The molecule has 0 aliphatic carbocycles. The first-order chi connectivity index (χ1) is 12.4. The van der Waals surface area contributed by atoms with E-state index in [2.05, 4.69) is 20.4 Å². The van der Waals surface area contributed by atoms with Crippen LogP contribution in [0, 0.1) is 0 Å². The molecule has 10 heteroatoms. The molecule has 0 amide bonds. The molecule has 9 nitrogen and oxygen atoms in total. The summed E-state index contributed by atoms with van der Waals surface area (Å²) in [5, 5.41) is 7.21. The minimum Gasteiger partial charge on any atom is -0.368 e. The van der Waals surface area contributed by atoms with Gasteiger partial charge < -0.3 is 11.1 Å². The van der Waals surface area contributed by atoms with Crippen molar-refractivity contribution in [3.05, 3.63) is 54.4 Å². The predicted molar refractivity (Wildman–Crippen MR) is 98.2 cm³/mol. The molecular formula is C16H19N7O2S. The highest BCUT2D eigenvalue weighted by molar-refractivity contribution is 7.89. The second-order valence-corrected chi connectivity index (χ2v) is 7.79. The van der Waals surface area contributed by atoms with Crippen LogP contribution in [0.15, 0.2) is 53.7 Å². The van der Waals surface area contributed by atoms with Gasteiger partial charge in [-0.3, -0.25) is 0 Å². The van der Waals surface area contributed by atoms with E-state index in [4.69, 9.17) is 5.73 Å². The molecule has 3 rings (SSSR count). The van der Waals surface area contributed by atoms with Gasteiger partial charge in [0.05, 0.1) is 4.90 Å². The number of nitrogens with one attached hydrogen (secondary N) is 1. The Morgan fingerprint density at radius 2 is 1.96 bits per heavy atom. The van der Waals surface area contributed by atoms with E-state index in [9.17, 15) is 8.42 Å². The Balaban J connectivity index is 1.87. The highest BCUT2D eigenvalue weighted by Gasteiger charge is 2.20.